The van der Waals surface area contributed by atoms with Crippen molar-refractivity contribution in [2.24, 2.45) is 4.99 Å². The van der Waals surface area contributed by atoms with Crippen molar-refractivity contribution in [2.45, 2.75) is 45.8 Å². The number of nitrogens with two attached hydrogens (primary N) is 1. The van der Waals surface area contributed by atoms with E-state index in [2.05, 4.69) is 4.99 Å². The molecule has 0 spiro atoms. The summed E-state index contributed by atoms with van der Waals surface area (Å²) in [5, 5.41) is 0. The highest BCUT2D eigenvalue weighted by molar-refractivity contribution is 6.62. The number of rotatable bonds is 2. The van der Waals surface area contributed by atoms with Crippen LogP contribution in [0.1, 0.15) is 38.8 Å². The molecule has 1 aromatic rings. The second-order valence-electron chi connectivity index (χ2n) is 6.32. The number of hydrogen-bond acceptors (Lipinski definition) is 4. The van der Waals surface area contributed by atoms with Gasteiger partial charge in [0.05, 0.1) is 11.2 Å². The van der Waals surface area contributed by atoms with Gasteiger partial charge in [0.1, 0.15) is 0 Å². The zero-order chi connectivity index (χ0) is 15.1. The number of nitrogens with zero attached hydrogens (tertiary/aromatic N) is 1. The molecule has 20 heavy (non-hydrogen) atoms. The van der Waals surface area contributed by atoms with Crippen molar-refractivity contribution in [1.82, 2.24) is 0 Å². The average molecular weight is 274 g/mol. The first-order valence-electron chi connectivity index (χ1n) is 6.86. The predicted octanol–water partition coefficient (Wildman–Crippen LogP) is 1.93. The zero-order valence-corrected chi connectivity index (χ0v) is 13.2. The van der Waals surface area contributed by atoms with E-state index in [9.17, 15) is 0 Å². The SMILES string of the molecule is CN=Cc1cc(B2OC(C)(C)C(C)(C)O2)cc(C)c1N. The van der Waals surface area contributed by atoms with Crippen molar-refractivity contribution in [2.75, 3.05) is 12.8 Å². The summed E-state index contributed by atoms with van der Waals surface area (Å²) in [7, 11) is 1.36. The third kappa shape index (κ3) is 2.48. The van der Waals surface area contributed by atoms with Gasteiger partial charge < -0.3 is 15.0 Å². The van der Waals surface area contributed by atoms with E-state index in [0.717, 1.165) is 22.3 Å². The van der Waals surface area contributed by atoms with Crippen LogP contribution in [-0.4, -0.2) is 31.6 Å². The van der Waals surface area contributed by atoms with Crippen LogP contribution in [0.3, 0.4) is 0 Å². The van der Waals surface area contributed by atoms with Gasteiger partial charge >= 0.3 is 7.12 Å². The molecule has 1 aromatic carbocycles. The molecule has 0 saturated carbocycles. The fourth-order valence-electron chi connectivity index (χ4n) is 2.22. The van der Waals surface area contributed by atoms with Crippen molar-refractivity contribution in [3.63, 3.8) is 0 Å². The number of hydrogen-bond donors (Lipinski definition) is 1. The van der Waals surface area contributed by atoms with Crippen molar-refractivity contribution < 1.29 is 9.31 Å². The summed E-state index contributed by atoms with van der Waals surface area (Å²) in [6, 6.07) is 4.00. The van der Waals surface area contributed by atoms with Crippen molar-refractivity contribution in [3.05, 3.63) is 23.3 Å². The topological polar surface area (TPSA) is 56.8 Å². The molecule has 4 nitrogen and oxygen atoms in total. The highest BCUT2D eigenvalue weighted by Gasteiger charge is 2.51. The highest BCUT2D eigenvalue weighted by Crippen LogP contribution is 2.36. The molecule has 0 unspecified atom stereocenters. The van der Waals surface area contributed by atoms with Gasteiger partial charge in [-0.15, -0.1) is 0 Å². The summed E-state index contributed by atoms with van der Waals surface area (Å²) in [6.45, 7) is 10.2. The Labute approximate surface area is 121 Å². The summed E-state index contributed by atoms with van der Waals surface area (Å²) in [5.41, 5.74) is 9.02. The van der Waals surface area contributed by atoms with Crippen LogP contribution in [0.15, 0.2) is 17.1 Å². The standard InChI is InChI=1S/C15H23BN2O2/c1-10-7-12(8-11(9-18-6)13(10)17)16-19-14(2,3)15(4,5)20-16/h7-9H,17H2,1-6H3. The van der Waals surface area contributed by atoms with Crippen LogP contribution in [0.5, 0.6) is 0 Å². The molecule has 1 aliphatic rings. The molecule has 1 heterocycles. The quantitative estimate of drug-likeness (QED) is 0.509. The first-order valence-corrected chi connectivity index (χ1v) is 6.86. The lowest BCUT2D eigenvalue weighted by Crippen LogP contribution is -2.41. The summed E-state index contributed by atoms with van der Waals surface area (Å²) in [6.07, 6.45) is 1.76. The van der Waals surface area contributed by atoms with Crippen LogP contribution in [0, 0.1) is 6.92 Å². The molecule has 0 radical (unpaired) electrons. The molecular formula is C15H23BN2O2. The van der Waals surface area contributed by atoms with Gasteiger partial charge in [0.25, 0.3) is 0 Å². The van der Waals surface area contributed by atoms with E-state index in [1.807, 2.05) is 46.8 Å². The van der Waals surface area contributed by atoms with Crippen molar-refractivity contribution in [3.8, 4) is 0 Å². The number of nitrogen functional groups attached to an aromatic ring is 1. The first kappa shape index (κ1) is 15.1. The minimum Gasteiger partial charge on any atom is -0.399 e. The Morgan fingerprint density at radius 2 is 1.70 bits per heavy atom. The van der Waals surface area contributed by atoms with Gasteiger partial charge in [-0.05, 0) is 45.6 Å². The van der Waals surface area contributed by atoms with E-state index in [1.54, 1.807) is 13.3 Å². The normalized spacial score (nSPS) is 20.8. The third-order valence-electron chi connectivity index (χ3n) is 4.23. The monoisotopic (exact) mass is 274 g/mol. The van der Waals surface area contributed by atoms with Gasteiger partial charge in [0.15, 0.2) is 0 Å². The molecule has 1 aliphatic heterocycles. The fourth-order valence-corrected chi connectivity index (χ4v) is 2.22. The van der Waals surface area contributed by atoms with E-state index < -0.39 is 0 Å². The maximum atomic E-state index is 6.07. The molecule has 0 aromatic heterocycles. The second-order valence-corrected chi connectivity index (χ2v) is 6.32. The van der Waals surface area contributed by atoms with Gasteiger partial charge in [0, 0.05) is 24.5 Å². The van der Waals surface area contributed by atoms with E-state index in [1.165, 1.54) is 0 Å². The molecule has 2 N–H and O–H groups in total. The van der Waals surface area contributed by atoms with E-state index in [-0.39, 0.29) is 18.3 Å². The fraction of sp³-hybridized carbons (Fsp3) is 0.533. The van der Waals surface area contributed by atoms with Crippen molar-refractivity contribution >= 4 is 24.5 Å². The Balaban J connectivity index is 2.41. The number of benzene rings is 1. The van der Waals surface area contributed by atoms with Gasteiger partial charge in [-0.1, -0.05) is 12.1 Å². The molecule has 0 bridgehead atoms. The smallest absolute Gasteiger partial charge is 0.399 e. The van der Waals surface area contributed by atoms with E-state index in [4.69, 9.17) is 15.0 Å². The Morgan fingerprint density at radius 1 is 1.15 bits per heavy atom. The van der Waals surface area contributed by atoms with E-state index in [0.29, 0.717) is 0 Å². The van der Waals surface area contributed by atoms with Crippen LogP contribution >= 0.6 is 0 Å². The first-order chi connectivity index (χ1) is 9.18. The number of aliphatic imine (C=N–C) groups is 1. The maximum Gasteiger partial charge on any atom is 0.494 e. The predicted molar refractivity (Wildman–Crippen MR) is 84.8 cm³/mol. The molecular weight excluding hydrogens is 251 g/mol. The number of anilines is 1. The maximum absolute atomic E-state index is 6.07. The molecule has 1 saturated heterocycles. The van der Waals surface area contributed by atoms with Crippen molar-refractivity contribution in [1.29, 1.82) is 0 Å². The van der Waals surface area contributed by atoms with Gasteiger partial charge in [0.2, 0.25) is 0 Å². The summed E-state index contributed by atoms with van der Waals surface area (Å²) in [4.78, 5) is 4.05. The molecule has 108 valence electrons. The van der Waals surface area contributed by atoms with Crippen LogP contribution in [0.2, 0.25) is 0 Å². The minimum atomic E-state index is -0.372. The molecule has 0 atom stereocenters. The Morgan fingerprint density at radius 3 is 2.20 bits per heavy atom. The van der Waals surface area contributed by atoms with Crippen LogP contribution < -0.4 is 11.2 Å². The molecule has 0 aliphatic carbocycles. The lowest BCUT2D eigenvalue weighted by Gasteiger charge is -2.32. The summed E-state index contributed by atoms with van der Waals surface area (Å²) in [5.74, 6) is 0. The summed E-state index contributed by atoms with van der Waals surface area (Å²) >= 11 is 0. The third-order valence-corrected chi connectivity index (χ3v) is 4.23. The molecule has 0 amide bonds. The number of aryl methyl sites for hydroxylation is 1. The lowest BCUT2D eigenvalue weighted by molar-refractivity contribution is 0.00578. The molecule has 2 rings (SSSR count). The van der Waals surface area contributed by atoms with Gasteiger partial charge in [-0.25, -0.2) is 0 Å². The van der Waals surface area contributed by atoms with Crippen LogP contribution in [-0.2, 0) is 9.31 Å². The minimum absolute atomic E-state index is 0.341. The second kappa shape index (κ2) is 4.90. The Hall–Kier alpha value is -1.33. The van der Waals surface area contributed by atoms with E-state index >= 15 is 0 Å². The van der Waals surface area contributed by atoms with Gasteiger partial charge in [-0.3, -0.25) is 4.99 Å². The largest absolute Gasteiger partial charge is 0.494 e. The van der Waals surface area contributed by atoms with Gasteiger partial charge in [-0.2, -0.15) is 0 Å². The zero-order valence-electron chi connectivity index (χ0n) is 13.2. The van der Waals surface area contributed by atoms with Crippen LogP contribution in [0.25, 0.3) is 0 Å². The molecule has 5 heteroatoms. The average Bonchev–Trinajstić information content (AvgIpc) is 2.54. The highest BCUT2D eigenvalue weighted by atomic mass is 16.7. The Bertz CT molecular complexity index is 537. The lowest BCUT2D eigenvalue weighted by atomic mass is 9.77. The summed E-state index contributed by atoms with van der Waals surface area (Å²) < 4.78 is 12.1. The molecule has 1 fully saturated rings. The Kier molecular flexibility index (Phi) is 3.69. The van der Waals surface area contributed by atoms with Crippen LogP contribution in [0.4, 0.5) is 5.69 Å².